The van der Waals surface area contributed by atoms with E-state index in [1.54, 1.807) is 24.0 Å². The molecule has 1 fully saturated rings. The highest BCUT2D eigenvalue weighted by Crippen LogP contribution is 2.42. The molecule has 2 aliphatic heterocycles. The predicted molar refractivity (Wildman–Crippen MR) is 105 cm³/mol. The van der Waals surface area contributed by atoms with Gasteiger partial charge in [-0.05, 0) is 37.3 Å². The first kappa shape index (κ1) is 21.5. The summed E-state index contributed by atoms with van der Waals surface area (Å²) in [4.78, 5) is 14.5. The Morgan fingerprint density at radius 1 is 1.39 bits per heavy atom. The molecule has 3 atom stereocenters. The number of piperidine rings is 1. The van der Waals surface area contributed by atoms with E-state index >= 15 is 0 Å². The van der Waals surface area contributed by atoms with Crippen molar-refractivity contribution in [2.45, 2.75) is 57.3 Å². The van der Waals surface area contributed by atoms with Gasteiger partial charge in [0.15, 0.2) is 6.04 Å². The second-order valence-electron chi connectivity index (χ2n) is 8.24. The standard InChI is InChI=1S/C20H26F3N5O3/c1-12-8-17-24-15(10-16(20(21,22)23)28(17)25-12)13-4-3-7-27(11-13)19(29)6-5-14-9-18(30-2)26-31-14/h8-9,13,15-16,24H,3-7,10-11H2,1-2H3/t13-,15-,16+/m0/s1. The van der Waals surface area contributed by atoms with Crippen LogP contribution in [0.1, 0.15) is 43.2 Å². The third-order valence-corrected chi connectivity index (χ3v) is 6.05. The Morgan fingerprint density at radius 2 is 2.19 bits per heavy atom. The Morgan fingerprint density at radius 3 is 2.90 bits per heavy atom. The number of halogens is 3. The van der Waals surface area contributed by atoms with Crippen LogP contribution in [-0.2, 0) is 11.2 Å². The van der Waals surface area contributed by atoms with Crippen molar-refractivity contribution in [3.8, 4) is 5.88 Å². The van der Waals surface area contributed by atoms with Gasteiger partial charge >= 0.3 is 6.18 Å². The monoisotopic (exact) mass is 441 g/mol. The van der Waals surface area contributed by atoms with Crippen LogP contribution in [0.5, 0.6) is 5.88 Å². The van der Waals surface area contributed by atoms with Gasteiger partial charge in [0, 0.05) is 44.1 Å². The highest BCUT2D eigenvalue weighted by atomic mass is 19.4. The highest BCUT2D eigenvalue weighted by molar-refractivity contribution is 5.76. The molecule has 8 nitrogen and oxygen atoms in total. The number of hydrogen-bond donors (Lipinski definition) is 1. The minimum absolute atomic E-state index is 0.0378. The van der Waals surface area contributed by atoms with Gasteiger partial charge in [-0.2, -0.15) is 18.3 Å². The molecule has 170 valence electrons. The van der Waals surface area contributed by atoms with Crippen molar-refractivity contribution in [1.29, 1.82) is 0 Å². The molecular formula is C20H26F3N5O3. The number of carbonyl (C=O) groups excluding carboxylic acids is 1. The van der Waals surface area contributed by atoms with Crippen LogP contribution in [0.25, 0.3) is 0 Å². The lowest BCUT2D eigenvalue weighted by atomic mass is 9.85. The molecule has 2 aromatic heterocycles. The number of rotatable bonds is 5. The molecule has 0 radical (unpaired) electrons. The lowest BCUT2D eigenvalue weighted by molar-refractivity contribution is -0.175. The number of likely N-dealkylation sites (tertiary alicyclic amines) is 1. The molecule has 0 aliphatic carbocycles. The van der Waals surface area contributed by atoms with E-state index in [0.29, 0.717) is 42.7 Å². The second kappa shape index (κ2) is 8.43. The number of methoxy groups -OCH3 is 1. The Bertz CT molecular complexity index is 926. The number of nitrogens with one attached hydrogen (secondary N) is 1. The van der Waals surface area contributed by atoms with Gasteiger partial charge in [0.1, 0.15) is 11.6 Å². The zero-order valence-electron chi connectivity index (χ0n) is 17.5. The Labute approximate surface area is 177 Å². The molecule has 1 N–H and O–H groups in total. The number of hydrogen-bond acceptors (Lipinski definition) is 6. The third kappa shape index (κ3) is 4.64. The number of amides is 1. The molecule has 1 saturated heterocycles. The van der Waals surface area contributed by atoms with Gasteiger partial charge in [0.25, 0.3) is 5.88 Å². The maximum Gasteiger partial charge on any atom is 0.410 e. The van der Waals surface area contributed by atoms with Crippen LogP contribution in [0, 0.1) is 12.8 Å². The van der Waals surface area contributed by atoms with E-state index in [-0.39, 0.29) is 30.7 Å². The van der Waals surface area contributed by atoms with Crippen molar-refractivity contribution in [3.05, 3.63) is 23.6 Å². The van der Waals surface area contributed by atoms with Gasteiger partial charge in [-0.15, -0.1) is 0 Å². The molecule has 0 saturated carbocycles. The summed E-state index contributed by atoms with van der Waals surface area (Å²) in [6.45, 7) is 2.73. The molecule has 0 aromatic carbocycles. The molecule has 11 heteroatoms. The highest BCUT2D eigenvalue weighted by Gasteiger charge is 2.47. The van der Waals surface area contributed by atoms with Crippen molar-refractivity contribution in [3.63, 3.8) is 0 Å². The van der Waals surface area contributed by atoms with Crippen LogP contribution in [0.4, 0.5) is 19.0 Å². The fourth-order valence-corrected chi connectivity index (χ4v) is 4.50. The van der Waals surface area contributed by atoms with E-state index in [1.165, 1.54) is 7.11 Å². The molecule has 0 spiro atoms. The lowest BCUT2D eigenvalue weighted by Crippen LogP contribution is -2.49. The number of carbonyl (C=O) groups is 1. The van der Waals surface area contributed by atoms with Crippen molar-refractivity contribution in [2.24, 2.45) is 5.92 Å². The predicted octanol–water partition coefficient (Wildman–Crippen LogP) is 3.35. The zero-order chi connectivity index (χ0) is 22.2. The van der Waals surface area contributed by atoms with E-state index in [9.17, 15) is 18.0 Å². The maximum atomic E-state index is 13.7. The van der Waals surface area contributed by atoms with E-state index < -0.39 is 12.2 Å². The van der Waals surface area contributed by atoms with Gasteiger partial charge in [-0.1, -0.05) is 0 Å². The summed E-state index contributed by atoms with van der Waals surface area (Å²) >= 11 is 0. The van der Waals surface area contributed by atoms with Crippen LogP contribution >= 0.6 is 0 Å². The van der Waals surface area contributed by atoms with Crippen molar-refractivity contribution >= 4 is 11.7 Å². The fourth-order valence-electron chi connectivity index (χ4n) is 4.50. The molecule has 4 heterocycles. The van der Waals surface area contributed by atoms with Gasteiger partial charge in [-0.25, -0.2) is 4.68 Å². The minimum atomic E-state index is -4.38. The number of aromatic nitrogens is 3. The fraction of sp³-hybridized carbons (Fsp3) is 0.650. The molecule has 2 aliphatic rings. The normalized spacial score (nSPS) is 23.9. The van der Waals surface area contributed by atoms with E-state index in [0.717, 1.165) is 17.5 Å². The van der Waals surface area contributed by atoms with Crippen molar-refractivity contribution in [2.75, 3.05) is 25.5 Å². The van der Waals surface area contributed by atoms with Crippen LogP contribution in [0.15, 0.2) is 16.7 Å². The maximum absolute atomic E-state index is 13.7. The van der Waals surface area contributed by atoms with E-state index in [4.69, 9.17) is 9.26 Å². The van der Waals surface area contributed by atoms with Crippen LogP contribution in [0.3, 0.4) is 0 Å². The summed E-state index contributed by atoms with van der Waals surface area (Å²) in [5.74, 6) is 1.21. The zero-order valence-corrected chi connectivity index (χ0v) is 17.5. The van der Waals surface area contributed by atoms with Crippen molar-refractivity contribution in [1.82, 2.24) is 19.8 Å². The molecule has 4 rings (SSSR count). The molecule has 0 unspecified atom stereocenters. The molecule has 31 heavy (non-hydrogen) atoms. The number of nitrogens with zero attached hydrogens (tertiary/aromatic N) is 4. The number of ether oxygens (including phenoxy) is 1. The van der Waals surface area contributed by atoms with E-state index in [2.05, 4.69) is 15.6 Å². The Kier molecular flexibility index (Phi) is 5.85. The van der Waals surface area contributed by atoms with Gasteiger partial charge in [0.05, 0.1) is 12.8 Å². The Balaban J connectivity index is 1.40. The summed E-state index contributed by atoms with van der Waals surface area (Å²) in [5, 5.41) is 11.0. The molecule has 1 amide bonds. The van der Waals surface area contributed by atoms with Crippen LogP contribution in [0.2, 0.25) is 0 Å². The first-order valence-corrected chi connectivity index (χ1v) is 10.4. The summed E-state index contributed by atoms with van der Waals surface area (Å²) in [6, 6.07) is 1.25. The summed E-state index contributed by atoms with van der Waals surface area (Å²) < 4.78 is 52.2. The number of anilines is 1. The first-order chi connectivity index (χ1) is 14.7. The number of alkyl halides is 3. The van der Waals surface area contributed by atoms with Crippen LogP contribution < -0.4 is 10.1 Å². The minimum Gasteiger partial charge on any atom is -0.479 e. The number of fused-ring (bicyclic) bond motifs is 1. The van der Waals surface area contributed by atoms with E-state index in [1.807, 2.05) is 0 Å². The second-order valence-corrected chi connectivity index (χ2v) is 8.24. The quantitative estimate of drug-likeness (QED) is 0.766. The summed E-state index contributed by atoms with van der Waals surface area (Å²) in [5.41, 5.74) is 0.543. The average Bonchev–Trinajstić information content (AvgIpc) is 3.35. The van der Waals surface area contributed by atoms with Gasteiger partial charge < -0.3 is 19.5 Å². The molecule has 0 bridgehead atoms. The van der Waals surface area contributed by atoms with Crippen LogP contribution in [-0.4, -0.2) is 58.2 Å². The SMILES string of the molecule is COc1cc(CCC(=O)N2CCC[C@H]([C@@H]3C[C@H](C(F)(F)F)n4nc(C)cc4N3)C2)on1. The molecule has 2 aromatic rings. The summed E-state index contributed by atoms with van der Waals surface area (Å²) in [6.07, 6.45) is -2.29. The smallest absolute Gasteiger partial charge is 0.410 e. The first-order valence-electron chi connectivity index (χ1n) is 10.4. The Hall–Kier alpha value is -2.72. The third-order valence-electron chi connectivity index (χ3n) is 6.05. The average molecular weight is 441 g/mol. The number of aryl methyl sites for hydroxylation is 2. The largest absolute Gasteiger partial charge is 0.479 e. The van der Waals surface area contributed by atoms with Gasteiger partial charge in [-0.3, -0.25) is 4.79 Å². The lowest BCUT2D eigenvalue weighted by Gasteiger charge is -2.41. The van der Waals surface area contributed by atoms with Gasteiger partial charge in [0.2, 0.25) is 5.91 Å². The van der Waals surface area contributed by atoms with Crippen molar-refractivity contribution < 1.29 is 27.2 Å². The summed E-state index contributed by atoms with van der Waals surface area (Å²) in [7, 11) is 1.48. The molecular weight excluding hydrogens is 415 g/mol. The topological polar surface area (TPSA) is 85.4 Å².